The number of nitrogens with zero attached hydrogens (tertiary/aromatic N) is 1. The Morgan fingerprint density at radius 3 is 2.74 bits per heavy atom. The van der Waals surface area contributed by atoms with Crippen LogP contribution < -0.4 is 5.32 Å². The van der Waals surface area contributed by atoms with Gasteiger partial charge >= 0.3 is 0 Å². The molecule has 0 fully saturated rings. The van der Waals surface area contributed by atoms with E-state index in [1.165, 1.54) is 12.1 Å². The molecular weight excluding hydrogens is 316 g/mol. The first-order chi connectivity index (χ1) is 9.08. The van der Waals surface area contributed by atoms with Gasteiger partial charge in [0.2, 0.25) is 0 Å². The average Bonchev–Trinajstić information content (AvgIpc) is 2.39. The van der Waals surface area contributed by atoms with Crippen LogP contribution in [0.4, 0.5) is 5.69 Å². The molecule has 1 unspecified atom stereocenters. The van der Waals surface area contributed by atoms with Crippen molar-refractivity contribution in [1.82, 2.24) is 5.32 Å². The van der Waals surface area contributed by atoms with Gasteiger partial charge in [-0.25, -0.2) is 0 Å². The van der Waals surface area contributed by atoms with Crippen molar-refractivity contribution in [3.05, 3.63) is 38.3 Å². The van der Waals surface area contributed by atoms with Gasteiger partial charge in [0.25, 0.3) is 5.69 Å². The Morgan fingerprint density at radius 1 is 1.47 bits per heavy atom. The topological polar surface area (TPSA) is 73.6 Å². The molecule has 0 heterocycles. The van der Waals surface area contributed by atoms with E-state index in [1.54, 1.807) is 20.3 Å². The van der Waals surface area contributed by atoms with Gasteiger partial charge in [0.15, 0.2) is 0 Å². The first-order valence-electron chi connectivity index (χ1n) is 5.73. The molecule has 0 aliphatic heterocycles. The Hall–Kier alpha value is -1.02. The Morgan fingerprint density at radius 2 is 2.21 bits per heavy atom. The third-order valence-corrected chi connectivity index (χ3v) is 3.36. The summed E-state index contributed by atoms with van der Waals surface area (Å²) in [6.07, 6.45) is -0.0122. The Labute approximate surface area is 120 Å². The highest BCUT2D eigenvalue weighted by atomic mass is 79.9. The van der Waals surface area contributed by atoms with Crippen LogP contribution >= 0.6 is 15.9 Å². The number of ether oxygens (including phenoxy) is 2. The van der Waals surface area contributed by atoms with E-state index in [4.69, 9.17) is 9.47 Å². The number of nitro benzene ring substituents is 1. The lowest BCUT2D eigenvalue weighted by molar-refractivity contribution is -0.384. The predicted molar refractivity (Wildman–Crippen MR) is 75.2 cm³/mol. The standard InChI is InChI=1S/C12H17BrN2O4/c1-18-8-11(19-2)7-14-6-9-3-4-10(15(16)17)5-12(9)13/h3-5,11,14H,6-8H2,1-2H3. The summed E-state index contributed by atoms with van der Waals surface area (Å²) in [5.41, 5.74) is 1.03. The van der Waals surface area contributed by atoms with E-state index in [-0.39, 0.29) is 11.8 Å². The molecule has 7 heteroatoms. The molecule has 0 saturated heterocycles. The van der Waals surface area contributed by atoms with Gasteiger partial charge in [-0.05, 0) is 11.6 Å². The number of rotatable bonds is 8. The molecule has 0 spiro atoms. The van der Waals surface area contributed by atoms with Gasteiger partial charge in [0.05, 0.1) is 17.6 Å². The number of hydrogen-bond donors (Lipinski definition) is 1. The maximum Gasteiger partial charge on any atom is 0.270 e. The molecule has 0 aliphatic rings. The zero-order valence-corrected chi connectivity index (χ0v) is 12.5. The van der Waals surface area contributed by atoms with Crippen molar-refractivity contribution in [2.45, 2.75) is 12.6 Å². The van der Waals surface area contributed by atoms with Crippen LogP contribution in [0.1, 0.15) is 5.56 Å². The molecule has 1 aromatic rings. The van der Waals surface area contributed by atoms with E-state index in [9.17, 15) is 10.1 Å². The van der Waals surface area contributed by atoms with Crippen LogP contribution in [0.2, 0.25) is 0 Å². The quantitative estimate of drug-likeness (QED) is 0.583. The van der Waals surface area contributed by atoms with E-state index in [2.05, 4.69) is 21.2 Å². The van der Waals surface area contributed by atoms with Crippen molar-refractivity contribution in [3.63, 3.8) is 0 Å². The van der Waals surface area contributed by atoms with Crippen LogP contribution in [0.5, 0.6) is 0 Å². The highest BCUT2D eigenvalue weighted by Gasteiger charge is 2.10. The number of benzene rings is 1. The Bertz CT molecular complexity index is 428. The third-order valence-electron chi connectivity index (χ3n) is 2.62. The highest BCUT2D eigenvalue weighted by molar-refractivity contribution is 9.10. The largest absolute Gasteiger partial charge is 0.382 e. The maximum absolute atomic E-state index is 10.6. The van der Waals surface area contributed by atoms with Crippen molar-refractivity contribution >= 4 is 21.6 Å². The van der Waals surface area contributed by atoms with Crippen LogP contribution in [0, 0.1) is 10.1 Å². The second kappa shape index (κ2) is 8.21. The minimum absolute atomic E-state index is 0.0122. The zero-order chi connectivity index (χ0) is 14.3. The van der Waals surface area contributed by atoms with Crippen molar-refractivity contribution in [2.24, 2.45) is 0 Å². The predicted octanol–water partition coefficient (Wildman–Crippen LogP) is 2.11. The molecule has 0 amide bonds. The van der Waals surface area contributed by atoms with E-state index in [0.29, 0.717) is 19.7 Å². The summed E-state index contributed by atoms with van der Waals surface area (Å²) in [6, 6.07) is 4.72. The number of nitrogens with one attached hydrogen (secondary N) is 1. The van der Waals surface area contributed by atoms with E-state index in [0.717, 1.165) is 10.0 Å². The molecule has 1 N–H and O–H groups in total. The normalized spacial score (nSPS) is 12.4. The minimum atomic E-state index is -0.415. The van der Waals surface area contributed by atoms with Crippen molar-refractivity contribution < 1.29 is 14.4 Å². The molecule has 19 heavy (non-hydrogen) atoms. The molecule has 0 aromatic heterocycles. The third kappa shape index (κ3) is 5.23. The lowest BCUT2D eigenvalue weighted by Gasteiger charge is -2.15. The monoisotopic (exact) mass is 332 g/mol. The lowest BCUT2D eigenvalue weighted by Crippen LogP contribution is -2.31. The minimum Gasteiger partial charge on any atom is -0.382 e. The first kappa shape index (κ1) is 16.0. The highest BCUT2D eigenvalue weighted by Crippen LogP contribution is 2.22. The number of nitro groups is 1. The van der Waals surface area contributed by atoms with E-state index in [1.807, 2.05) is 0 Å². The van der Waals surface area contributed by atoms with E-state index < -0.39 is 4.92 Å². The van der Waals surface area contributed by atoms with Crippen LogP contribution in [-0.4, -0.2) is 38.4 Å². The molecule has 1 rings (SSSR count). The molecule has 106 valence electrons. The van der Waals surface area contributed by atoms with Crippen LogP contribution in [-0.2, 0) is 16.0 Å². The second-order valence-corrected chi connectivity index (χ2v) is 4.83. The maximum atomic E-state index is 10.6. The van der Waals surface area contributed by atoms with Gasteiger partial charge in [-0.3, -0.25) is 10.1 Å². The summed E-state index contributed by atoms with van der Waals surface area (Å²) in [4.78, 5) is 10.2. The summed E-state index contributed by atoms with van der Waals surface area (Å²) >= 11 is 3.33. The van der Waals surface area contributed by atoms with Crippen molar-refractivity contribution in [1.29, 1.82) is 0 Å². The molecule has 1 aromatic carbocycles. The summed E-state index contributed by atoms with van der Waals surface area (Å²) in [7, 11) is 3.26. The second-order valence-electron chi connectivity index (χ2n) is 3.98. The van der Waals surface area contributed by atoms with Crippen LogP contribution in [0.25, 0.3) is 0 Å². The number of hydrogen-bond acceptors (Lipinski definition) is 5. The first-order valence-corrected chi connectivity index (χ1v) is 6.53. The van der Waals surface area contributed by atoms with Gasteiger partial charge in [0, 0.05) is 43.9 Å². The van der Waals surface area contributed by atoms with Gasteiger partial charge in [-0.2, -0.15) is 0 Å². The summed E-state index contributed by atoms with van der Waals surface area (Å²) in [5, 5.41) is 13.8. The van der Waals surface area contributed by atoms with Crippen molar-refractivity contribution in [3.8, 4) is 0 Å². The molecule has 1 atom stereocenters. The Balaban J connectivity index is 2.51. The van der Waals surface area contributed by atoms with Gasteiger partial charge in [0.1, 0.15) is 0 Å². The summed E-state index contributed by atoms with van der Waals surface area (Å²) < 4.78 is 11.0. The number of non-ortho nitro benzene ring substituents is 1. The Kier molecular flexibility index (Phi) is 6.93. The molecule has 0 radical (unpaired) electrons. The van der Waals surface area contributed by atoms with E-state index >= 15 is 0 Å². The number of halogens is 1. The fourth-order valence-corrected chi connectivity index (χ4v) is 2.06. The van der Waals surface area contributed by atoms with Gasteiger partial charge < -0.3 is 14.8 Å². The molecule has 0 saturated carbocycles. The summed E-state index contributed by atoms with van der Waals surface area (Å²) in [5.74, 6) is 0. The fourth-order valence-electron chi connectivity index (χ4n) is 1.56. The van der Waals surface area contributed by atoms with Crippen molar-refractivity contribution in [2.75, 3.05) is 27.4 Å². The molecule has 0 aliphatic carbocycles. The molecule has 0 bridgehead atoms. The number of methoxy groups -OCH3 is 2. The van der Waals surface area contributed by atoms with Crippen LogP contribution in [0.3, 0.4) is 0 Å². The fraction of sp³-hybridized carbons (Fsp3) is 0.500. The SMILES string of the molecule is COCC(CNCc1ccc([N+](=O)[O-])cc1Br)OC. The average molecular weight is 333 g/mol. The van der Waals surface area contributed by atoms with Gasteiger partial charge in [-0.1, -0.05) is 15.9 Å². The van der Waals surface area contributed by atoms with Gasteiger partial charge in [-0.15, -0.1) is 0 Å². The lowest BCUT2D eigenvalue weighted by atomic mass is 10.2. The smallest absolute Gasteiger partial charge is 0.270 e. The molecular formula is C12H17BrN2O4. The summed E-state index contributed by atoms with van der Waals surface area (Å²) in [6.45, 7) is 1.76. The zero-order valence-electron chi connectivity index (χ0n) is 10.9. The molecule has 6 nitrogen and oxygen atoms in total. The van der Waals surface area contributed by atoms with Crippen LogP contribution in [0.15, 0.2) is 22.7 Å².